The smallest absolute Gasteiger partial charge is 0.0894 e. The van der Waals surface area contributed by atoms with E-state index in [0.29, 0.717) is 11.5 Å². The van der Waals surface area contributed by atoms with Gasteiger partial charge in [-0.1, -0.05) is 25.1 Å². The van der Waals surface area contributed by atoms with Gasteiger partial charge in [0.2, 0.25) is 0 Å². The Kier molecular flexibility index (Phi) is 4.78. The van der Waals surface area contributed by atoms with E-state index in [1.807, 2.05) is 6.92 Å². The van der Waals surface area contributed by atoms with E-state index >= 15 is 0 Å². The first-order valence-electron chi connectivity index (χ1n) is 3.08. The maximum Gasteiger partial charge on any atom is 0.0894 e. The minimum absolute atomic E-state index is 0.252. The van der Waals surface area contributed by atoms with Gasteiger partial charge in [0.1, 0.15) is 0 Å². The summed E-state index contributed by atoms with van der Waals surface area (Å²) in [6.07, 6.45) is 1.39. The van der Waals surface area contributed by atoms with Gasteiger partial charge in [0, 0.05) is 5.03 Å². The molecule has 0 aromatic rings. The quantitative estimate of drug-likeness (QED) is 0.578. The van der Waals surface area contributed by atoms with Crippen molar-refractivity contribution < 1.29 is 4.39 Å². The highest BCUT2D eigenvalue weighted by atomic mass is 35.5. The Labute approximate surface area is 60.7 Å². The van der Waals surface area contributed by atoms with Crippen LogP contribution >= 0.6 is 11.6 Å². The van der Waals surface area contributed by atoms with Crippen molar-refractivity contribution >= 4 is 11.6 Å². The molecule has 0 bridgehead atoms. The number of halogens is 2. The van der Waals surface area contributed by atoms with Gasteiger partial charge in [-0.15, -0.1) is 0 Å². The molecule has 0 rings (SSSR count). The number of allylic oxidation sites excluding steroid dienone is 1. The molecule has 0 aromatic heterocycles. The summed E-state index contributed by atoms with van der Waals surface area (Å²) in [6, 6.07) is 0. The lowest BCUT2D eigenvalue weighted by Crippen LogP contribution is -1.93. The fourth-order valence-electron chi connectivity index (χ4n) is 0.540. The molecule has 0 spiro atoms. The average molecular weight is 151 g/mol. The van der Waals surface area contributed by atoms with E-state index < -0.39 is 0 Å². The molecule has 0 saturated heterocycles. The standard InChI is InChI=1S/C7H12ClF/c1-6(7(2)8)4-3-5-9/h6H,2-5H2,1H3. The van der Waals surface area contributed by atoms with Crippen molar-refractivity contribution in [2.24, 2.45) is 5.92 Å². The minimum Gasteiger partial charge on any atom is -0.251 e. The van der Waals surface area contributed by atoms with E-state index in [2.05, 4.69) is 6.58 Å². The maximum atomic E-state index is 11.5. The Balaban J connectivity index is 3.27. The van der Waals surface area contributed by atoms with Crippen LogP contribution in [0, 0.1) is 5.92 Å². The van der Waals surface area contributed by atoms with Crippen LogP contribution < -0.4 is 0 Å². The van der Waals surface area contributed by atoms with Crippen LogP contribution in [0.2, 0.25) is 0 Å². The molecule has 1 atom stereocenters. The largest absolute Gasteiger partial charge is 0.251 e. The first-order valence-corrected chi connectivity index (χ1v) is 3.46. The Bertz CT molecular complexity index is 90.9. The van der Waals surface area contributed by atoms with Crippen molar-refractivity contribution in [3.8, 4) is 0 Å². The zero-order valence-electron chi connectivity index (χ0n) is 5.66. The normalized spacial score (nSPS) is 13.2. The molecule has 0 aliphatic rings. The molecule has 54 valence electrons. The maximum absolute atomic E-state index is 11.5. The second-order valence-corrected chi connectivity index (χ2v) is 2.66. The molecule has 0 N–H and O–H groups in total. The number of hydrogen-bond acceptors (Lipinski definition) is 0. The molecule has 0 saturated carbocycles. The van der Waals surface area contributed by atoms with Gasteiger partial charge in [-0.3, -0.25) is 4.39 Å². The van der Waals surface area contributed by atoms with Crippen LogP contribution in [-0.4, -0.2) is 6.67 Å². The van der Waals surface area contributed by atoms with Gasteiger partial charge in [0.15, 0.2) is 0 Å². The highest BCUT2D eigenvalue weighted by molar-refractivity contribution is 6.29. The third kappa shape index (κ3) is 4.46. The SMILES string of the molecule is C=C(Cl)C(C)CCCF. The van der Waals surface area contributed by atoms with E-state index in [1.165, 1.54) is 0 Å². The molecule has 0 aliphatic carbocycles. The second-order valence-electron chi connectivity index (χ2n) is 2.18. The number of rotatable bonds is 4. The molecular weight excluding hydrogens is 139 g/mol. The van der Waals surface area contributed by atoms with Gasteiger partial charge in [0.25, 0.3) is 0 Å². The molecule has 1 unspecified atom stereocenters. The topological polar surface area (TPSA) is 0 Å². The van der Waals surface area contributed by atoms with Crippen LogP contribution in [0.15, 0.2) is 11.6 Å². The Morgan fingerprint density at radius 3 is 2.67 bits per heavy atom. The molecule has 0 nitrogen and oxygen atoms in total. The minimum atomic E-state index is -0.255. The van der Waals surface area contributed by atoms with E-state index in [0.717, 1.165) is 6.42 Å². The summed E-state index contributed by atoms with van der Waals surface area (Å²) in [5.74, 6) is 0.252. The van der Waals surface area contributed by atoms with E-state index in [1.54, 1.807) is 0 Å². The molecule has 9 heavy (non-hydrogen) atoms. The molecule has 0 amide bonds. The van der Waals surface area contributed by atoms with Crippen LogP contribution in [0.1, 0.15) is 19.8 Å². The fourth-order valence-corrected chi connectivity index (χ4v) is 0.649. The Morgan fingerprint density at radius 1 is 1.78 bits per heavy atom. The summed E-state index contributed by atoms with van der Waals surface area (Å²) in [5.41, 5.74) is 0. The molecule has 0 aliphatic heterocycles. The highest BCUT2D eigenvalue weighted by Gasteiger charge is 2.02. The lowest BCUT2D eigenvalue weighted by molar-refractivity contribution is 0.440. The van der Waals surface area contributed by atoms with Gasteiger partial charge in [-0.25, -0.2) is 0 Å². The highest BCUT2D eigenvalue weighted by Crippen LogP contribution is 2.17. The molecule has 0 fully saturated rings. The Hall–Kier alpha value is -0.0400. The van der Waals surface area contributed by atoms with Crippen LogP contribution in [0.3, 0.4) is 0 Å². The van der Waals surface area contributed by atoms with Crippen molar-refractivity contribution in [2.45, 2.75) is 19.8 Å². The monoisotopic (exact) mass is 150 g/mol. The molecular formula is C7H12ClF. The lowest BCUT2D eigenvalue weighted by atomic mass is 10.1. The summed E-state index contributed by atoms with van der Waals surface area (Å²) < 4.78 is 11.5. The van der Waals surface area contributed by atoms with Crippen molar-refractivity contribution in [2.75, 3.05) is 6.67 Å². The van der Waals surface area contributed by atoms with E-state index in [4.69, 9.17) is 11.6 Å². The zero-order valence-corrected chi connectivity index (χ0v) is 6.42. The summed E-state index contributed by atoms with van der Waals surface area (Å²) in [4.78, 5) is 0. The summed E-state index contributed by atoms with van der Waals surface area (Å²) >= 11 is 5.55. The van der Waals surface area contributed by atoms with Gasteiger partial charge < -0.3 is 0 Å². The molecule has 0 radical (unpaired) electrons. The number of hydrogen-bond donors (Lipinski definition) is 0. The fraction of sp³-hybridized carbons (Fsp3) is 0.714. The predicted octanol–water partition coefficient (Wildman–Crippen LogP) is 3.12. The molecule has 0 aromatic carbocycles. The lowest BCUT2D eigenvalue weighted by Gasteiger charge is -2.05. The van der Waals surface area contributed by atoms with Gasteiger partial charge in [0.05, 0.1) is 6.67 Å². The molecule has 0 heterocycles. The van der Waals surface area contributed by atoms with Crippen molar-refractivity contribution in [1.82, 2.24) is 0 Å². The predicted molar refractivity (Wildman–Crippen MR) is 39.4 cm³/mol. The first-order chi connectivity index (χ1) is 4.18. The van der Waals surface area contributed by atoms with Crippen molar-refractivity contribution in [3.05, 3.63) is 11.6 Å². The van der Waals surface area contributed by atoms with Crippen LogP contribution in [0.4, 0.5) is 4.39 Å². The van der Waals surface area contributed by atoms with E-state index in [9.17, 15) is 4.39 Å². The third-order valence-electron chi connectivity index (χ3n) is 1.31. The average Bonchev–Trinajstić information content (AvgIpc) is 1.82. The van der Waals surface area contributed by atoms with Gasteiger partial charge in [-0.2, -0.15) is 0 Å². The van der Waals surface area contributed by atoms with Crippen molar-refractivity contribution in [1.29, 1.82) is 0 Å². The second kappa shape index (κ2) is 4.80. The zero-order chi connectivity index (χ0) is 7.28. The first kappa shape index (κ1) is 8.96. The van der Waals surface area contributed by atoms with Crippen LogP contribution in [0.25, 0.3) is 0 Å². The van der Waals surface area contributed by atoms with Crippen LogP contribution in [-0.2, 0) is 0 Å². The third-order valence-corrected chi connectivity index (χ3v) is 1.68. The molecule has 2 heteroatoms. The Morgan fingerprint density at radius 2 is 2.33 bits per heavy atom. The number of alkyl halides is 1. The summed E-state index contributed by atoms with van der Waals surface area (Å²) in [5, 5.41) is 0.628. The van der Waals surface area contributed by atoms with Gasteiger partial charge in [-0.05, 0) is 18.8 Å². The van der Waals surface area contributed by atoms with Crippen molar-refractivity contribution in [3.63, 3.8) is 0 Å². The van der Waals surface area contributed by atoms with Crippen LogP contribution in [0.5, 0.6) is 0 Å². The van der Waals surface area contributed by atoms with Gasteiger partial charge >= 0.3 is 0 Å². The van der Waals surface area contributed by atoms with E-state index in [-0.39, 0.29) is 12.6 Å². The summed E-state index contributed by atoms with van der Waals surface area (Å²) in [7, 11) is 0. The summed E-state index contributed by atoms with van der Waals surface area (Å²) in [6.45, 7) is 5.24.